The second-order valence-electron chi connectivity index (χ2n) is 3.60. The third kappa shape index (κ3) is 11.5. The van der Waals surface area contributed by atoms with Gasteiger partial charge in [-0.1, -0.05) is 23.2 Å². The van der Waals surface area contributed by atoms with Crippen LogP contribution in [0.25, 0.3) is 0 Å². The first-order valence-corrected chi connectivity index (χ1v) is 5.91. The van der Waals surface area contributed by atoms with Crippen LogP contribution in [0.5, 0.6) is 0 Å². The van der Waals surface area contributed by atoms with Crippen molar-refractivity contribution in [2.24, 2.45) is 16.6 Å². The van der Waals surface area contributed by atoms with Crippen LogP contribution < -0.4 is 17.0 Å². The molecule has 0 amide bonds. The number of ether oxygens (including phenoxy) is 1. The Morgan fingerprint density at radius 2 is 2.12 bits per heavy atom. The first-order chi connectivity index (χ1) is 7.85. The molecule has 0 unspecified atom stereocenters. The topological polar surface area (TPSA) is 103 Å². The maximum atomic E-state index is 11.2. The van der Waals surface area contributed by atoms with E-state index in [-0.39, 0.29) is 18.5 Å². The summed E-state index contributed by atoms with van der Waals surface area (Å²) in [5, 5.41) is 0. The fraction of sp³-hybridized carbons (Fsp3) is 0.778. The van der Waals surface area contributed by atoms with Crippen LogP contribution in [0.3, 0.4) is 0 Å². The second kappa shape index (κ2) is 8.38. The zero-order valence-electron chi connectivity index (χ0n) is 9.71. The number of hydrogen-bond donors (Lipinski definition) is 3. The van der Waals surface area contributed by atoms with Crippen molar-refractivity contribution >= 4 is 35.1 Å². The number of esters is 1. The van der Waals surface area contributed by atoms with Gasteiger partial charge in [-0.15, -0.1) is 0 Å². The number of nitrogens with zero attached hydrogens (tertiary/aromatic N) is 1. The van der Waals surface area contributed by atoms with Crippen LogP contribution in [0.2, 0.25) is 0 Å². The maximum Gasteiger partial charge on any atom is 0.305 e. The summed E-state index contributed by atoms with van der Waals surface area (Å²) in [5.41, 5.74) is 7.51. The molecule has 5 N–H and O–H groups in total. The Hall–Kier alpha value is -0.720. The molecule has 0 aromatic heterocycles. The van der Waals surface area contributed by atoms with Crippen LogP contribution in [0.15, 0.2) is 4.99 Å². The van der Waals surface area contributed by atoms with Gasteiger partial charge in [-0.05, 0) is 19.8 Å². The molecular formula is C9H18Cl2N4O2. The Morgan fingerprint density at radius 1 is 1.47 bits per heavy atom. The predicted molar refractivity (Wildman–Crippen MR) is 68.7 cm³/mol. The molecule has 0 saturated heterocycles. The largest absolute Gasteiger partial charge is 0.462 e. The van der Waals surface area contributed by atoms with E-state index in [4.69, 9.17) is 39.5 Å². The molecule has 0 aromatic carbocycles. The summed E-state index contributed by atoms with van der Waals surface area (Å²) < 4.78 is 3.82. The van der Waals surface area contributed by atoms with E-state index < -0.39 is 4.33 Å². The van der Waals surface area contributed by atoms with Gasteiger partial charge < -0.3 is 10.5 Å². The standard InChI is InChI=1S/C9H18Cl2N4O2/c1-9(10,11)6-17-7(16)4-2-3-5-14-8(12)15-13/h2-6,13H2,1H3,(H3,12,14,15). The van der Waals surface area contributed by atoms with Crippen molar-refractivity contribution in [3.63, 3.8) is 0 Å². The number of guanidine groups is 1. The maximum absolute atomic E-state index is 11.2. The van der Waals surface area contributed by atoms with Crippen LogP contribution in [0.1, 0.15) is 26.2 Å². The summed E-state index contributed by atoms with van der Waals surface area (Å²) in [5.74, 6) is 4.86. The van der Waals surface area contributed by atoms with Crippen molar-refractivity contribution in [1.29, 1.82) is 0 Å². The van der Waals surface area contributed by atoms with Gasteiger partial charge in [0.1, 0.15) is 10.9 Å². The van der Waals surface area contributed by atoms with Gasteiger partial charge in [0, 0.05) is 13.0 Å². The van der Waals surface area contributed by atoms with Crippen molar-refractivity contribution in [2.45, 2.75) is 30.5 Å². The van der Waals surface area contributed by atoms with Crippen molar-refractivity contribution in [2.75, 3.05) is 13.2 Å². The zero-order valence-corrected chi connectivity index (χ0v) is 11.2. The average Bonchev–Trinajstić information content (AvgIpc) is 2.24. The van der Waals surface area contributed by atoms with Crippen LogP contribution in [-0.4, -0.2) is 29.4 Å². The zero-order chi connectivity index (χ0) is 13.3. The normalized spacial score (nSPS) is 12.4. The predicted octanol–water partition coefficient (Wildman–Crippen LogP) is 0.672. The number of hydrogen-bond acceptors (Lipinski definition) is 4. The molecular weight excluding hydrogens is 267 g/mol. The second-order valence-corrected chi connectivity index (χ2v) is 5.46. The van der Waals surface area contributed by atoms with Gasteiger partial charge in [0.15, 0.2) is 0 Å². The number of carbonyl (C=O) groups is 1. The molecule has 6 nitrogen and oxygen atoms in total. The van der Waals surface area contributed by atoms with Gasteiger partial charge in [-0.3, -0.25) is 15.2 Å². The molecule has 0 bridgehead atoms. The fourth-order valence-corrected chi connectivity index (χ4v) is 1.01. The summed E-state index contributed by atoms with van der Waals surface area (Å²) in [7, 11) is 0. The van der Waals surface area contributed by atoms with Gasteiger partial charge in [0.25, 0.3) is 0 Å². The number of halogens is 2. The Balaban J connectivity index is 3.53. The number of alkyl halides is 2. The molecule has 0 aliphatic carbocycles. The molecule has 0 aliphatic rings. The highest BCUT2D eigenvalue weighted by molar-refractivity contribution is 6.48. The van der Waals surface area contributed by atoms with Crippen LogP contribution in [0, 0.1) is 0 Å². The lowest BCUT2D eigenvalue weighted by Gasteiger charge is -2.12. The number of carbonyl (C=O) groups excluding carboxylic acids is 1. The highest BCUT2D eigenvalue weighted by Gasteiger charge is 2.18. The summed E-state index contributed by atoms with van der Waals surface area (Å²) in [4.78, 5) is 15.1. The number of nitrogens with two attached hydrogens (primary N) is 2. The van der Waals surface area contributed by atoms with Crippen molar-refractivity contribution in [1.82, 2.24) is 5.43 Å². The third-order valence-corrected chi connectivity index (χ3v) is 1.92. The first kappa shape index (κ1) is 16.3. The van der Waals surface area contributed by atoms with Gasteiger partial charge in [-0.25, -0.2) is 5.84 Å². The third-order valence-electron chi connectivity index (χ3n) is 1.71. The summed E-state index contributed by atoms with van der Waals surface area (Å²) >= 11 is 11.3. The Bertz CT molecular complexity index is 266. The number of nitrogens with one attached hydrogen (secondary N) is 1. The summed E-state index contributed by atoms with van der Waals surface area (Å²) in [6.07, 6.45) is 1.67. The lowest BCUT2D eigenvalue weighted by molar-refractivity contribution is -0.144. The highest BCUT2D eigenvalue weighted by atomic mass is 35.5. The summed E-state index contributed by atoms with van der Waals surface area (Å²) in [6.45, 7) is 2.05. The molecule has 0 aromatic rings. The van der Waals surface area contributed by atoms with Crippen LogP contribution in [0.4, 0.5) is 0 Å². The van der Waals surface area contributed by atoms with Crippen LogP contribution in [-0.2, 0) is 9.53 Å². The van der Waals surface area contributed by atoms with E-state index in [1.165, 1.54) is 0 Å². The van der Waals surface area contributed by atoms with Crippen molar-refractivity contribution in [3.05, 3.63) is 0 Å². The Morgan fingerprint density at radius 3 is 2.65 bits per heavy atom. The lowest BCUT2D eigenvalue weighted by atomic mass is 10.2. The lowest BCUT2D eigenvalue weighted by Crippen LogP contribution is -2.37. The van der Waals surface area contributed by atoms with E-state index in [1.54, 1.807) is 6.92 Å². The van der Waals surface area contributed by atoms with Gasteiger partial charge >= 0.3 is 5.97 Å². The van der Waals surface area contributed by atoms with Gasteiger partial charge in [-0.2, -0.15) is 0 Å². The molecule has 0 fully saturated rings. The monoisotopic (exact) mass is 284 g/mol. The highest BCUT2D eigenvalue weighted by Crippen LogP contribution is 2.19. The minimum absolute atomic E-state index is 0.0167. The SMILES string of the molecule is CC(Cl)(Cl)COC(=O)CCCCN=C(N)NN. The molecule has 0 aliphatic heterocycles. The fourth-order valence-electron chi connectivity index (χ4n) is 0.906. The van der Waals surface area contributed by atoms with Crippen molar-refractivity contribution < 1.29 is 9.53 Å². The molecule has 0 atom stereocenters. The molecule has 0 saturated carbocycles. The minimum atomic E-state index is -1.04. The smallest absolute Gasteiger partial charge is 0.305 e. The van der Waals surface area contributed by atoms with E-state index in [0.717, 1.165) is 6.42 Å². The molecule has 100 valence electrons. The average molecular weight is 285 g/mol. The quantitative estimate of drug-likeness (QED) is 0.121. The Kier molecular flexibility index (Phi) is 8.03. The molecule has 8 heteroatoms. The number of aliphatic imine (C=N–C) groups is 1. The number of rotatable bonds is 7. The van der Waals surface area contributed by atoms with Gasteiger partial charge in [0.2, 0.25) is 5.96 Å². The van der Waals surface area contributed by atoms with E-state index in [1.807, 2.05) is 0 Å². The molecule has 0 heterocycles. The van der Waals surface area contributed by atoms with Crippen molar-refractivity contribution in [3.8, 4) is 0 Å². The summed E-state index contributed by atoms with van der Waals surface area (Å²) in [6, 6.07) is 0. The number of unbranched alkanes of at least 4 members (excludes halogenated alkanes) is 1. The minimum Gasteiger partial charge on any atom is -0.462 e. The van der Waals surface area contributed by atoms with E-state index >= 15 is 0 Å². The first-order valence-electron chi connectivity index (χ1n) is 5.15. The number of hydrazine groups is 1. The van der Waals surface area contributed by atoms with E-state index in [2.05, 4.69) is 10.4 Å². The molecule has 17 heavy (non-hydrogen) atoms. The van der Waals surface area contributed by atoms with Gasteiger partial charge in [0.05, 0.1) is 0 Å². The van der Waals surface area contributed by atoms with E-state index in [0.29, 0.717) is 19.4 Å². The van der Waals surface area contributed by atoms with E-state index in [9.17, 15) is 4.79 Å². The molecule has 0 rings (SSSR count). The Labute approximate surface area is 111 Å². The molecule has 0 spiro atoms. The van der Waals surface area contributed by atoms with Crippen LogP contribution >= 0.6 is 23.2 Å². The molecule has 0 radical (unpaired) electrons.